The molecule has 0 spiro atoms. The van der Waals surface area contributed by atoms with E-state index in [9.17, 15) is 4.79 Å². The number of rotatable bonds is 2. The van der Waals surface area contributed by atoms with Gasteiger partial charge in [0, 0.05) is 5.56 Å². The normalized spacial score (nSPS) is 9.54. The van der Waals surface area contributed by atoms with Gasteiger partial charge >= 0.3 is 0 Å². The molecule has 0 aromatic heterocycles. The highest BCUT2D eigenvalue weighted by atomic mass is 16.1. The molecule has 5 N–H and O–H groups in total. The predicted molar refractivity (Wildman–Crippen MR) is 56.1 cm³/mol. The van der Waals surface area contributed by atoms with Crippen molar-refractivity contribution < 1.29 is 4.79 Å². The van der Waals surface area contributed by atoms with Gasteiger partial charge in [-0.25, -0.2) is 0 Å². The van der Waals surface area contributed by atoms with Crippen LogP contribution < -0.4 is 16.8 Å². The van der Waals surface area contributed by atoms with Crippen molar-refractivity contribution in [3.8, 4) is 0 Å². The van der Waals surface area contributed by atoms with Crippen LogP contribution in [0.2, 0.25) is 0 Å². The van der Waals surface area contributed by atoms with E-state index in [1.165, 1.54) is 0 Å². The molecular weight excluding hydrogens is 165 g/mol. The Morgan fingerprint density at radius 3 is 2.62 bits per heavy atom. The lowest BCUT2D eigenvalue weighted by Gasteiger charge is -2.04. The average molecular weight is 177 g/mol. The van der Waals surface area contributed by atoms with Crippen LogP contribution in [-0.2, 0) is 0 Å². The molecule has 0 heterocycles. The first-order chi connectivity index (χ1) is 6.15. The third-order valence-corrected chi connectivity index (χ3v) is 1.69. The molecule has 1 aromatic rings. The van der Waals surface area contributed by atoms with E-state index in [0.717, 1.165) is 0 Å². The number of nitrogens with two attached hydrogens (primary N) is 2. The molecule has 0 aliphatic heterocycles. The molecule has 1 aromatic carbocycles. The van der Waals surface area contributed by atoms with Crippen LogP contribution in [0.25, 0.3) is 0 Å². The lowest BCUT2D eigenvalue weighted by molar-refractivity contribution is 0.0960. The number of nitrogen functional groups attached to an aromatic ring is 2. The van der Waals surface area contributed by atoms with Gasteiger partial charge in [-0.2, -0.15) is 0 Å². The van der Waals surface area contributed by atoms with Gasteiger partial charge in [0.15, 0.2) is 0 Å². The summed E-state index contributed by atoms with van der Waals surface area (Å²) in [4.78, 5) is 11.3. The largest absolute Gasteiger partial charge is 0.397 e. The molecule has 1 amide bonds. The summed E-state index contributed by atoms with van der Waals surface area (Å²) in [6, 6.07) is 4.84. The molecule has 13 heavy (non-hydrogen) atoms. The van der Waals surface area contributed by atoms with E-state index in [2.05, 4.69) is 5.32 Å². The van der Waals surface area contributed by atoms with Gasteiger partial charge in [0.2, 0.25) is 0 Å². The van der Waals surface area contributed by atoms with Crippen LogP contribution in [0.5, 0.6) is 0 Å². The molecule has 0 aliphatic rings. The quantitative estimate of drug-likeness (QED) is 0.407. The fourth-order valence-corrected chi connectivity index (χ4v) is 0.979. The maximum atomic E-state index is 11.3. The Morgan fingerprint density at radius 2 is 2.08 bits per heavy atom. The summed E-state index contributed by atoms with van der Waals surface area (Å²) in [5.74, 6) is -0.130. The first kappa shape index (κ1) is 9.44. The van der Waals surface area contributed by atoms with Crippen LogP contribution in [0.15, 0.2) is 18.2 Å². The second-order valence-electron chi connectivity index (χ2n) is 2.70. The van der Waals surface area contributed by atoms with Crippen LogP contribution in [0.3, 0.4) is 0 Å². The lowest BCUT2D eigenvalue weighted by atomic mass is 10.1. The van der Waals surface area contributed by atoms with Crippen molar-refractivity contribution in [1.82, 2.24) is 5.32 Å². The maximum absolute atomic E-state index is 11.3. The molecule has 1 rings (SSSR count). The smallest absolute Gasteiger partial charge is 0.250 e. The molecule has 0 aliphatic carbocycles. The van der Waals surface area contributed by atoms with Crippen LogP contribution in [0.1, 0.15) is 10.4 Å². The summed E-state index contributed by atoms with van der Waals surface area (Å²) in [6.45, 7) is 0. The van der Waals surface area contributed by atoms with Gasteiger partial charge in [0.25, 0.3) is 5.91 Å². The van der Waals surface area contributed by atoms with Crippen LogP contribution >= 0.6 is 0 Å². The number of hydrogen-bond donors (Lipinski definition) is 3. The average Bonchev–Trinajstić information content (AvgIpc) is 2.10. The van der Waals surface area contributed by atoms with Gasteiger partial charge < -0.3 is 16.8 Å². The molecule has 0 fully saturated rings. The monoisotopic (exact) mass is 177 g/mol. The number of benzene rings is 1. The van der Waals surface area contributed by atoms with Gasteiger partial charge in [0.05, 0.1) is 11.4 Å². The Kier molecular flexibility index (Phi) is 2.79. The van der Waals surface area contributed by atoms with E-state index in [0.29, 0.717) is 23.4 Å². The number of nitrogens with one attached hydrogen (secondary N) is 1. The van der Waals surface area contributed by atoms with E-state index in [4.69, 9.17) is 11.5 Å². The van der Waals surface area contributed by atoms with Crippen LogP contribution in [0.4, 0.5) is 11.4 Å². The Balaban J connectivity index is 2.90. The van der Waals surface area contributed by atoms with Crippen LogP contribution in [0, 0.1) is 0 Å². The number of anilines is 2. The van der Waals surface area contributed by atoms with E-state index in [-0.39, 0.29) is 5.91 Å². The zero-order valence-electron chi connectivity index (χ0n) is 7.50. The van der Waals surface area contributed by atoms with Crippen molar-refractivity contribution in [1.29, 1.82) is 0 Å². The van der Waals surface area contributed by atoms with E-state index in [1.54, 1.807) is 18.2 Å². The second-order valence-corrected chi connectivity index (χ2v) is 2.70. The van der Waals surface area contributed by atoms with Gasteiger partial charge in [-0.15, -0.1) is 0 Å². The van der Waals surface area contributed by atoms with Gasteiger partial charge in [0.1, 0.15) is 7.85 Å². The first-order valence-electron chi connectivity index (χ1n) is 4.08. The molecule has 0 radical (unpaired) electrons. The number of carbonyl (C=O) groups excluding carboxylic acids is 1. The second kappa shape index (κ2) is 3.84. The summed E-state index contributed by atoms with van der Waals surface area (Å²) < 4.78 is 0. The number of amides is 1. The molecule has 4 nitrogen and oxygen atoms in total. The minimum Gasteiger partial charge on any atom is -0.397 e. The predicted octanol–water partition coefficient (Wildman–Crippen LogP) is -0.829. The Hall–Kier alpha value is -1.65. The van der Waals surface area contributed by atoms with Crippen molar-refractivity contribution in [2.45, 2.75) is 0 Å². The highest BCUT2D eigenvalue weighted by Gasteiger charge is 2.04. The van der Waals surface area contributed by atoms with Crippen molar-refractivity contribution in [3.63, 3.8) is 0 Å². The third kappa shape index (κ3) is 2.15. The zero-order valence-corrected chi connectivity index (χ0v) is 7.50. The summed E-state index contributed by atoms with van der Waals surface area (Å²) in [7, 11) is 1.86. The van der Waals surface area contributed by atoms with E-state index in [1.807, 2.05) is 7.85 Å². The number of hydrogen-bond acceptors (Lipinski definition) is 3. The lowest BCUT2D eigenvalue weighted by Crippen LogP contribution is -2.24. The minimum absolute atomic E-state index is 0.130. The highest BCUT2D eigenvalue weighted by Crippen LogP contribution is 2.15. The zero-order chi connectivity index (χ0) is 9.84. The SMILES string of the molecule is BCNC(=O)c1ccc(N)c(N)c1. The summed E-state index contributed by atoms with van der Waals surface area (Å²) in [6.07, 6.45) is 0.600. The summed E-state index contributed by atoms with van der Waals surface area (Å²) in [5, 5.41) is 2.67. The molecule has 0 unspecified atom stereocenters. The Bertz CT molecular complexity index is 327. The number of carbonyl (C=O) groups is 1. The standard InChI is InChI=1S/C8H12BN3O/c9-4-12-8(13)5-1-2-6(10)7(11)3-5/h1-3H,4,9-11H2,(H,12,13). The molecule has 0 saturated carbocycles. The molecule has 0 atom stereocenters. The fraction of sp³-hybridized carbons (Fsp3) is 0.125. The summed E-state index contributed by atoms with van der Waals surface area (Å²) in [5.41, 5.74) is 12.5. The molecule has 5 heteroatoms. The van der Waals surface area contributed by atoms with Crippen molar-refractivity contribution in [3.05, 3.63) is 23.8 Å². The van der Waals surface area contributed by atoms with Gasteiger partial charge in [-0.3, -0.25) is 4.79 Å². The molecule has 0 saturated heterocycles. The van der Waals surface area contributed by atoms with Crippen LogP contribution in [-0.4, -0.2) is 20.2 Å². The maximum Gasteiger partial charge on any atom is 0.250 e. The summed E-state index contributed by atoms with van der Waals surface area (Å²) >= 11 is 0. The first-order valence-corrected chi connectivity index (χ1v) is 4.08. The van der Waals surface area contributed by atoms with Gasteiger partial charge in [-0.05, 0) is 24.6 Å². The van der Waals surface area contributed by atoms with Gasteiger partial charge in [-0.1, -0.05) is 0 Å². The molecule has 68 valence electrons. The van der Waals surface area contributed by atoms with Crippen molar-refractivity contribution in [2.75, 3.05) is 17.9 Å². The topological polar surface area (TPSA) is 81.1 Å². The Morgan fingerprint density at radius 1 is 1.38 bits per heavy atom. The molecule has 0 bridgehead atoms. The molecular formula is C8H12BN3O. The Labute approximate surface area is 77.7 Å². The van der Waals surface area contributed by atoms with Crippen molar-refractivity contribution >= 4 is 25.1 Å². The fourth-order valence-electron chi connectivity index (χ4n) is 0.979. The minimum atomic E-state index is -0.130. The van der Waals surface area contributed by atoms with Crippen molar-refractivity contribution in [2.24, 2.45) is 0 Å². The third-order valence-electron chi connectivity index (χ3n) is 1.69. The van der Waals surface area contributed by atoms with E-state index < -0.39 is 0 Å². The van der Waals surface area contributed by atoms with E-state index >= 15 is 0 Å². The highest BCUT2D eigenvalue weighted by molar-refractivity contribution is 6.11.